The lowest BCUT2D eigenvalue weighted by atomic mass is 9.98. The van der Waals surface area contributed by atoms with E-state index < -0.39 is 18.1 Å². The number of alkyl carbamates (subject to hydrolysis) is 1. The van der Waals surface area contributed by atoms with Crippen molar-refractivity contribution in [1.29, 1.82) is 0 Å². The predicted molar refractivity (Wildman–Crippen MR) is 130 cm³/mol. The summed E-state index contributed by atoms with van der Waals surface area (Å²) < 4.78 is 6.64. The third-order valence-electron chi connectivity index (χ3n) is 6.27. The minimum Gasteiger partial charge on any atom is -0.480 e. The molecule has 0 saturated heterocycles. The summed E-state index contributed by atoms with van der Waals surface area (Å²) in [5.74, 6) is -1.16. The van der Waals surface area contributed by atoms with Crippen LogP contribution in [0.4, 0.5) is 4.79 Å². The van der Waals surface area contributed by atoms with Crippen LogP contribution in [0.1, 0.15) is 27.5 Å². The number of thiophene rings is 1. The van der Waals surface area contributed by atoms with E-state index in [1.807, 2.05) is 67.6 Å². The van der Waals surface area contributed by atoms with Gasteiger partial charge in [-0.3, -0.25) is 0 Å². The van der Waals surface area contributed by atoms with E-state index in [0.29, 0.717) is 0 Å². The highest BCUT2D eigenvalue weighted by molar-refractivity contribution is 7.19. The average molecular weight is 458 g/mol. The molecule has 4 aromatic rings. The van der Waals surface area contributed by atoms with Gasteiger partial charge in [0.1, 0.15) is 12.6 Å². The zero-order valence-electron chi connectivity index (χ0n) is 18.1. The molecule has 166 valence electrons. The molecule has 5 nitrogen and oxygen atoms in total. The van der Waals surface area contributed by atoms with Crippen LogP contribution in [-0.4, -0.2) is 29.8 Å². The van der Waals surface area contributed by atoms with Crippen molar-refractivity contribution in [3.8, 4) is 11.1 Å². The lowest BCUT2D eigenvalue weighted by Crippen LogP contribution is -2.42. The number of carboxylic acids is 1. The Kier molecular flexibility index (Phi) is 5.60. The van der Waals surface area contributed by atoms with Crippen molar-refractivity contribution in [2.24, 2.45) is 0 Å². The van der Waals surface area contributed by atoms with Gasteiger partial charge in [0.05, 0.1) is 0 Å². The summed E-state index contributed by atoms with van der Waals surface area (Å²) in [4.78, 5) is 25.4. The lowest BCUT2D eigenvalue weighted by Gasteiger charge is -2.17. The normalized spacial score (nSPS) is 13.4. The maximum Gasteiger partial charge on any atom is 0.407 e. The second-order valence-electron chi connectivity index (χ2n) is 8.21. The van der Waals surface area contributed by atoms with E-state index in [9.17, 15) is 14.7 Å². The van der Waals surface area contributed by atoms with Crippen molar-refractivity contribution in [3.05, 3.63) is 94.4 Å². The number of hydrogen-bond donors (Lipinski definition) is 2. The highest BCUT2D eigenvalue weighted by Gasteiger charge is 2.30. The molecule has 0 radical (unpaired) electrons. The fourth-order valence-corrected chi connectivity index (χ4v) is 5.84. The molecule has 1 amide bonds. The first-order valence-electron chi connectivity index (χ1n) is 10.8. The van der Waals surface area contributed by atoms with Gasteiger partial charge in [0, 0.05) is 21.9 Å². The Labute approximate surface area is 195 Å². The molecule has 1 aliphatic rings. The van der Waals surface area contributed by atoms with E-state index in [0.717, 1.165) is 42.8 Å². The van der Waals surface area contributed by atoms with Crippen molar-refractivity contribution in [1.82, 2.24) is 5.32 Å². The molecule has 3 aromatic carbocycles. The van der Waals surface area contributed by atoms with Crippen LogP contribution in [0.3, 0.4) is 0 Å². The van der Waals surface area contributed by atoms with Gasteiger partial charge in [-0.1, -0.05) is 66.7 Å². The molecule has 0 fully saturated rings. The van der Waals surface area contributed by atoms with E-state index in [4.69, 9.17) is 4.74 Å². The summed E-state index contributed by atoms with van der Waals surface area (Å²) in [6.07, 6.45) is -0.506. The molecule has 0 saturated carbocycles. The Balaban J connectivity index is 1.29. The number of carboxylic acid groups (broad SMARTS) is 1. The third-order valence-corrected chi connectivity index (χ3v) is 7.56. The van der Waals surface area contributed by atoms with Crippen LogP contribution in [0, 0.1) is 6.92 Å². The average Bonchev–Trinajstić information content (AvgIpc) is 3.32. The van der Waals surface area contributed by atoms with Crippen molar-refractivity contribution in [3.63, 3.8) is 0 Å². The number of nitrogens with one attached hydrogen (secondary N) is 1. The van der Waals surface area contributed by atoms with Gasteiger partial charge in [0.25, 0.3) is 0 Å². The van der Waals surface area contributed by atoms with Gasteiger partial charge in [0.2, 0.25) is 0 Å². The first-order valence-corrected chi connectivity index (χ1v) is 11.7. The molecule has 0 aliphatic heterocycles. The first-order chi connectivity index (χ1) is 16.0. The number of hydrogen-bond acceptors (Lipinski definition) is 4. The van der Waals surface area contributed by atoms with Crippen LogP contribution in [0.25, 0.3) is 21.2 Å². The Morgan fingerprint density at radius 2 is 1.58 bits per heavy atom. The minimum atomic E-state index is -1.08. The zero-order chi connectivity index (χ0) is 22.9. The number of rotatable bonds is 6. The van der Waals surface area contributed by atoms with Crippen LogP contribution >= 0.6 is 11.3 Å². The molecule has 0 bridgehead atoms. The minimum absolute atomic E-state index is 0.0729. The summed E-state index contributed by atoms with van der Waals surface area (Å²) in [7, 11) is 0. The molecule has 1 unspecified atom stereocenters. The van der Waals surface area contributed by atoms with Crippen LogP contribution in [0.15, 0.2) is 72.8 Å². The number of ether oxygens (including phenoxy) is 1. The first kappa shape index (κ1) is 21.2. The molecule has 6 heteroatoms. The van der Waals surface area contributed by atoms with Crippen LogP contribution in [-0.2, 0) is 16.0 Å². The number of fused-ring (bicyclic) bond motifs is 4. The number of aliphatic carboxylic acids is 1. The van der Waals surface area contributed by atoms with E-state index in [1.165, 1.54) is 0 Å². The number of carbonyl (C=O) groups excluding carboxylic acids is 1. The van der Waals surface area contributed by atoms with Crippen LogP contribution < -0.4 is 5.32 Å². The van der Waals surface area contributed by atoms with Gasteiger partial charge in [-0.25, -0.2) is 9.59 Å². The van der Waals surface area contributed by atoms with Crippen LogP contribution in [0.2, 0.25) is 0 Å². The predicted octanol–water partition coefficient (Wildman–Crippen LogP) is 5.74. The lowest BCUT2D eigenvalue weighted by molar-refractivity contribution is -0.139. The number of benzene rings is 3. The maximum atomic E-state index is 12.6. The molecular weight excluding hydrogens is 434 g/mol. The topological polar surface area (TPSA) is 75.6 Å². The molecule has 5 rings (SSSR count). The van der Waals surface area contributed by atoms with Crippen molar-refractivity contribution in [2.45, 2.75) is 25.3 Å². The number of amides is 1. The van der Waals surface area contributed by atoms with Gasteiger partial charge in [-0.2, -0.15) is 0 Å². The van der Waals surface area contributed by atoms with Crippen molar-refractivity contribution in [2.75, 3.05) is 6.61 Å². The standard InChI is InChI=1S/C27H23NO4S/c1-16-17-8-6-7-13-24(17)33-25(16)14-23(26(29)30)28-27(31)32-15-22-20-11-4-2-9-18(20)19-10-3-5-12-21(19)22/h2-13,22-23H,14-15H2,1H3,(H,28,31)(H,29,30). The Morgan fingerprint density at radius 3 is 2.21 bits per heavy atom. The summed E-state index contributed by atoms with van der Waals surface area (Å²) in [5.41, 5.74) is 5.57. The van der Waals surface area contributed by atoms with Gasteiger partial charge >= 0.3 is 12.1 Å². The van der Waals surface area contributed by atoms with Gasteiger partial charge in [0.15, 0.2) is 0 Å². The van der Waals surface area contributed by atoms with E-state index in [-0.39, 0.29) is 18.9 Å². The second kappa shape index (κ2) is 8.71. The SMILES string of the molecule is Cc1c(CC(NC(=O)OCC2c3ccccc3-c3ccccc32)C(=O)O)sc2ccccc12. The molecule has 1 aromatic heterocycles. The zero-order valence-corrected chi connectivity index (χ0v) is 18.9. The third kappa shape index (κ3) is 3.98. The summed E-state index contributed by atoms with van der Waals surface area (Å²) in [6, 6.07) is 23.1. The molecule has 0 spiro atoms. The van der Waals surface area contributed by atoms with Gasteiger partial charge in [-0.05, 0) is 46.2 Å². The van der Waals surface area contributed by atoms with E-state index in [2.05, 4.69) is 17.4 Å². The highest BCUT2D eigenvalue weighted by atomic mass is 32.1. The molecule has 1 heterocycles. The van der Waals surface area contributed by atoms with Crippen molar-refractivity contribution >= 4 is 33.5 Å². The number of carbonyl (C=O) groups is 2. The quantitative estimate of drug-likeness (QED) is 0.387. The Morgan fingerprint density at radius 1 is 0.970 bits per heavy atom. The van der Waals surface area contributed by atoms with E-state index >= 15 is 0 Å². The molecule has 2 N–H and O–H groups in total. The van der Waals surface area contributed by atoms with Gasteiger partial charge < -0.3 is 15.2 Å². The largest absolute Gasteiger partial charge is 0.480 e. The molecular formula is C27H23NO4S. The molecule has 1 aliphatic carbocycles. The summed E-state index contributed by atoms with van der Waals surface area (Å²) in [6.45, 7) is 2.13. The summed E-state index contributed by atoms with van der Waals surface area (Å²) >= 11 is 1.56. The Bertz CT molecular complexity index is 1310. The molecule has 33 heavy (non-hydrogen) atoms. The molecule has 1 atom stereocenters. The van der Waals surface area contributed by atoms with Crippen molar-refractivity contribution < 1.29 is 19.4 Å². The fraction of sp³-hybridized carbons (Fsp3) is 0.185. The van der Waals surface area contributed by atoms with Gasteiger partial charge in [-0.15, -0.1) is 11.3 Å². The van der Waals surface area contributed by atoms with Crippen LogP contribution in [0.5, 0.6) is 0 Å². The Hall–Kier alpha value is -3.64. The smallest absolute Gasteiger partial charge is 0.407 e. The fourth-order valence-electron chi connectivity index (χ4n) is 4.59. The highest BCUT2D eigenvalue weighted by Crippen LogP contribution is 2.44. The maximum absolute atomic E-state index is 12.6. The monoisotopic (exact) mass is 457 g/mol. The van der Waals surface area contributed by atoms with E-state index in [1.54, 1.807) is 11.3 Å². The summed E-state index contributed by atoms with van der Waals surface area (Å²) in [5, 5.41) is 13.4. The second-order valence-corrected chi connectivity index (χ2v) is 9.35. The number of aryl methyl sites for hydroxylation is 1.